The Kier molecular flexibility index (Phi) is 4.37. The minimum Gasteiger partial charge on any atom is -0.340 e. The van der Waals surface area contributed by atoms with Gasteiger partial charge in [-0.1, -0.05) is 28.9 Å². The van der Waals surface area contributed by atoms with Crippen LogP contribution in [-0.4, -0.2) is 28.6 Å². The maximum Gasteiger partial charge on any atom is 0.239 e. The molecule has 116 valence electrons. The zero-order valence-corrected chi connectivity index (χ0v) is 12.7. The Morgan fingerprint density at radius 3 is 2.82 bits per heavy atom. The van der Waals surface area contributed by atoms with Crippen molar-refractivity contribution in [2.24, 2.45) is 0 Å². The number of nitrogens with zero attached hydrogens (tertiary/aromatic N) is 2. The molecule has 0 spiro atoms. The van der Waals surface area contributed by atoms with Crippen LogP contribution in [0.3, 0.4) is 0 Å². The number of halogens is 1. The fourth-order valence-corrected chi connectivity index (χ4v) is 2.43. The van der Waals surface area contributed by atoms with Gasteiger partial charge in [-0.2, -0.15) is 4.98 Å². The first-order valence-corrected chi connectivity index (χ1v) is 7.36. The van der Waals surface area contributed by atoms with Gasteiger partial charge in [0, 0.05) is 18.5 Å². The summed E-state index contributed by atoms with van der Waals surface area (Å²) in [4.78, 5) is 16.6. The fraction of sp³-hybridized carbons (Fsp3) is 0.357. The van der Waals surface area contributed by atoms with Gasteiger partial charge in [0.2, 0.25) is 11.8 Å². The lowest BCUT2D eigenvalue weighted by molar-refractivity contribution is -0.123. The van der Waals surface area contributed by atoms with Crippen LogP contribution in [-0.2, 0) is 4.79 Å². The maximum absolute atomic E-state index is 12.4. The van der Waals surface area contributed by atoms with Crippen molar-refractivity contribution in [3.05, 3.63) is 46.6 Å². The lowest BCUT2D eigenvalue weighted by Crippen LogP contribution is -2.44. The third-order valence-electron chi connectivity index (χ3n) is 3.44. The number of carbonyl (C=O) groups is 1. The quantitative estimate of drug-likeness (QED) is 0.781. The smallest absolute Gasteiger partial charge is 0.239 e. The molecule has 1 aromatic heterocycles. The molecule has 2 atom stereocenters. The second-order valence-electron chi connectivity index (χ2n) is 5.08. The molecule has 1 amide bonds. The Morgan fingerprint density at radius 2 is 2.23 bits per heavy atom. The molecule has 0 aliphatic carbocycles. The maximum atomic E-state index is 12.4. The molecule has 3 N–H and O–H groups in total. The number of hydrazine groups is 1. The summed E-state index contributed by atoms with van der Waals surface area (Å²) in [6.07, 6.45) is 0.727. The minimum absolute atomic E-state index is 0.118. The highest BCUT2D eigenvalue weighted by molar-refractivity contribution is 6.30. The van der Waals surface area contributed by atoms with Crippen molar-refractivity contribution in [3.63, 3.8) is 0 Å². The van der Waals surface area contributed by atoms with Gasteiger partial charge in [-0.25, -0.2) is 5.43 Å². The van der Waals surface area contributed by atoms with Crippen LogP contribution in [0.15, 0.2) is 28.8 Å². The molecule has 3 rings (SSSR count). The van der Waals surface area contributed by atoms with Crippen molar-refractivity contribution in [2.45, 2.75) is 25.4 Å². The average molecular weight is 322 g/mol. The molecule has 22 heavy (non-hydrogen) atoms. The van der Waals surface area contributed by atoms with Crippen LogP contribution < -0.4 is 16.2 Å². The topological polar surface area (TPSA) is 92.1 Å². The van der Waals surface area contributed by atoms with E-state index in [1.807, 2.05) is 12.1 Å². The van der Waals surface area contributed by atoms with Crippen LogP contribution in [0.25, 0.3) is 0 Å². The third-order valence-corrected chi connectivity index (χ3v) is 3.69. The summed E-state index contributed by atoms with van der Waals surface area (Å²) < 4.78 is 5.03. The standard InChI is InChI=1S/C14H16ClN5O2/c1-8-17-13(20-22-8)12(9-2-4-10(15)5-3-9)18-14(21)11-6-7-16-19-11/h2-5,11-12,16,19H,6-7H2,1H3,(H,18,21). The zero-order chi connectivity index (χ0) is 15.5. The number of benzene rings is 1. The van der Waals surface area contributed by atoms with Gasteiger partial charge in [0.1, 0.15) is 12.1 Å². The SMILES string of the molecule is Cc1nc(C(NC(=O)C2CCNN2)c2ccc(Cl)cc2)no1. The first-order chi connectivity index (χ1) is 10.6. The minimum atomic E-state index is -0.482. The van der Waals surface area contributed by atoms with Crippen molar-refractivity contribution in [1.29, 1.82) is 0 Å². The highest BCUT2D eigenvalue weighted by Crippen LogP contribution is 2.22. The third kappa shape index (κ3) is 3.27. The Balaban J connectivity index is 1.85. The van der Waals surface area contributed by atoms with Crippen molar-refractivity contribution >= 4 is 17.5 Å². The number of carbonyl (C=O) groups excluding carboxylic acids is 1. The first kappa shape index (κ1) is 15.0. The molecule has 0 bridgehead atoms. The van der Waals surface area contributed by atoms with Crippen LogP contribution in [0.4, 0.5) is 0 Å². The van der Waals surface area contributed by atoms with E-state index >= 15 is 0 Å². The van der Waals surface area contributed by atoms with Gasteiger partial charge >= 0.3 is 0 Å². The molecule has 1 aromatic carbocycles. The molecule has 1 fully saturated rings. The lowest BCUT2D eigenvalue weighted by atomic mass is 10.1. The van der Waals surface area contributed by atoms with E-state index in [-0.39, 0.29) is 11.9 Å². The molecule has 2 unspecified atom stereocenters. The van der Waals surface area contributed by atoms with E-state index in [1.165, 1.54) is 0 Å². The van der Waals surface area contributed by atoms with Crippen LogP contribution in [0.5, 0.6) is 0 Å². The molecule has 0 saturated carbocycles. The predicted octanol–water partition coefficient (Wildman–Crippen LogP) is 1.10. The number of aryl methyl sites for hydroxylation is 1. The highest BCUT2D eigenvalue weighted by Gasteiger charge is 2.27. The largest absolute Gasteiger partial charge is 0.340 e. The van der Waals surface area contributed by atoms with Crippen LogP contribution in [0.1, 0.15) is 29.7 Å². The number of aromatic nitrogens is 2. The predicted molar refractivity (Wildman–Crippen MR) is 80.0 cm³/mol. The number of hydrogen-bond donors (Lipinski definition) is 3. The fourth-order valence-electron chi connectivity index (χ4n) is 2.31. The zero-order valence-electron chi connectivity index (χ0n) is 12.0. The van der Waals surface area contributed by atoms with Crippen LogP contribution >= 0.6 is 11.6 Å². The Bertz CT molecular complexity index is 652. The van der Waals surface area contributed by atoms with Gasteiger partial charge in [-0.3, -0.25) is 10.2 Å². The molecular formula is C14H16ClN5O2. The molecule has 1 aliphatic rings. The molecule has 7 nitrogen and oxygen atoms in total. The van der Waals surface area contributed by atoms with E-state index in [2.05, 4.69) is 26.3 Å². The summed E-state index contributed by atoms with van der Waals surface area (Å²) in [5.41, 5.74) is 6.71. The van der Waals surface area contributed by atoms with E-state index in [4.69, 9.17) is 16.1 Å². The van der Waals surface area contributed by atoms with Gasteiger partial charge in [0.05, 0.1) is 0 Å². The number of rotatable bonds is 4. The van der Waals surface area contributed by atoms with Gasteiger partial charge in [0.25, 0.3) is 0 Å². The molecule has 1 aliphatic heterocycles. The van der Waals surface area contributed by atoms with Gasteiger partial charge in [-0.05, 0) is 24.1 Å². The van der Waals surface area contributed by atoms with Crippen molar-refractivity contribution < 1.29 is 9.32 Å². The van der Waals surface area contributed by atoms with Crippen molar-refractivity contribution in [3.8, 4) is 0 Å². The average Bonchev–Trinajstić information content (AvgIpc) is 3.17. The first-order valence-electron chi connectivity index (χ1n) is 6.98. The van der Waals surface area contributed by atoms with Crippen LogP contribution in [0, 0.1) is 6.92 Å². The Labute approximate surface area is 132 Å². The van der Waals surface area contributed by atoms with E-state index in [0.29, 0.717) is 16.7 Å². The summed E-state index contributed by atoms with van der Waals surface area (Å²) >= 11 is 5.92. The van der Waals surface area contributed by atoms with Crippen molar-refractivity contribution in [1.82, 2.24) is 26.3 Å². The summed E-state index contributed by atoms with van der Waals surface area (Å²) in [6.45, 7) is 2.46. The number of amides is 1. The van der Waals surface area contributed by atoms with E-state index in [1.54, 1.807) is 19.1 Å². The Morgan fingerprint density at radius 1 is 1.45 bits per heavy atom. The molecule has 1 saturated heterocycles. The molecule has 2 aromatic rings. The normalized spacial score (nSPS) is 19.1. The Hall–Kier alpha value is -1.96. The number of nitrogens with one attached hydrogen (secondary N) is 3. The summed E-state index contributed by atoms with van der Waals surface area (Å²) in [7, 11) is 0. The second-order valence-corrected chi connectivity index (χ2v) is 5.51. The van der Waals surface area contributed by atoms with E-state index in [9.17, 15) is 4.79 Å². The summed E-state index contributed by atoms with van der Waals surface area (Å²) in [5.74, 6) is 0.746. The lowest BCUT2D eigenvalue weighted by Gasteiger charge is -2.18. The summed E-state index contributed by atoms with van der Waals surface area (Å²) in [6, 6.07) is 6.43. The monoisotopic (exact) mass is 321 g/mol. The van der Waals surface area contributed by atoms with Crippen LogP contribution in [0.2, 0.25) is 5.02 Å². The molecule has 8 heteroatoms. The van der Waals surface area contributed by atoms with Gasteiger partial charge in [0.15, 0.2) is 5.82 Å². The highest BCUT2D eigenvalue weighted by atomic mass is 35.5. The van der Waals surface area contributed by atoms with E-state index < -0.39 is 6.04 Å². The summed E-state index contributed by atoms with van der Waals surface area (Å²) in [5, 5.41) is 7.50. The van der Waals surface area contributed by atoms with Gasteiger partial charge in [-0.15, -0.1) is 0 Å². The van der Waals surface area contributed by atoms with Crippen molar-refractivity contribution in [2.75, 3.05) is 6.54 Å². The van der Waals surface area contributed by atoms with E-state index in [0.717, 1.165) is 18.5 Å². The molecular weight excluding hydrogens is 306 g/mol. The molecule has 0 radical (unpaired) electrons. The number of hydrogen-bond acceptors (Lipinski definition) is 6. The van der Waals surface area contributed by atoms with Gasteiger partial charge < -0.3 is 9.84 Å². The second kappa shape index (κ2) is 6.43. The molecule has 2 heterocycles.